The molecular formula is C15H21N3O3. The van der Waals surface area contributed by atoms with Crippen LogP contribution in [0.4, 0.5) is 5.69 Å². The van der Waals surface area contributed by atoms with Crippen LogP contribution in [0.25, 0.3) is 0 Å². The highest BCUT2D eigenvalue weighted by Gasteiger charge is 2.29. The molecule has 1 fully saturated rings. The van der Waals surface area contributed by atoms with Crippen LogP contribution in [-0.4, -0.2) is 31.5 Å². The zero-order valence-electron chi connectivity index (χ0n) is 12.1. The monoisotopic (exact) mass is 291 g/mol. The van der Waals surface area contributed by atoms with Crippen LogP contribution >= 0.6 is 0 Å². The van der Waals surface area contributed by atoms with E-state index in [-0.39, 0.29) is 24.9 Å². The van der Waals surface area contributed by atoms with Gasteiger partial charge in [0, 0.05) is 6.54 Å². The standard InChI is InChI=1S/C15H21N3O3/c1-10-8-17-9-11(10)15(20)18-12-4-2-3-5-13(12)21-7-6-14(16)19/h2-5,10-11,17H,6-9H2,1H3,(H2,16,19)(H,18,20). The zero-order valence-corrected chi connectivity index (χ0v) is 12.1. The maximum absolute atomic E-state index is 12.3. The van der Waals surface area contributed by atoms with Crippen LogP contribution in [0, 0.1) is 11.8 Å². The Bertz CT molecular complexity index is 519. The van der Waals surface area contributed by atoms with Gasteiger partial charge >= 0.3 is 0 Å². The first-order valence-electron chi connectivity index (χ1n) is 7.09. The third kappa shape index (κ3) is 4.19. The van der Waals surface area contributed by atoms with Crippen molar-refractivity contribution in [1.82, 2.24) is 5.32 Å². The van der Waals surface area contributed by atoms with E-state index in [9.17, 15) is 9.59 Å². The zero-order chi connectivity index (χ0) is 15.2. The summed E-state index contributed by atoms with van der Waals surface area (Å²) in [5.41, 5.74) is 5.69. The number of nitrogens with one attached hydrogen (secondary N) is 2. The minimum absolute atomic E-state index is 0.0153. The first-order chi connectivity index (χ1) is 10.1. The molecule has 0 spiro atoms. The lowest BCUT2D eigenvalue weighted by atomic mass is 9.97. The minimum Gasteiger partial charge on any atom is -0.491 e. The SMILES string of the molecule is CC1CNCC1C(=O)Nc1ccccc1OCCC(N)=O. The molecule has 4 N–H and O–H groups in total. The summed E-state index contributed by atoms with van der Waals surface area (Å²) >= 11 is 0. The summed E-state index contributed by atoms with van der Waals surface area (Å²) in [4.78, 5) is 23.0. The highest BCUT2D eigenvalue weighted by Crippen LogP contribution is 2.26. The molecule has 6 heteroatoms. The molecule has 2 rings (SSSR count). The summed E-state index contributed by atoms with van der Waals surface area (Å²) < 4.78 is 5.51. The summed E-state index contributed by atoms with van der Waals surface area (Å²) in [7, 11) is 0. The van der Waals surface area contributed by atoms with Gasteiger partial charge in [0.2, 0.25) is 11.8 Å². The summed E-state index contributed by atoms with van der Waals surface area (Å²) in [5, 5.41) is 6.11. The topological polar surface area (TPSA) is 93.4 Å². The number of primary amides is 1. The summed E-state index contributed by atoms with van der Waals surface area (Å²) in [6, 6.07) is 7.18. The van der Waals surface area contributed by atoms with Gasteiger partial charge in [0.25, 0.3) is 0 Å². The second-order valence-electron chi connectivity index (χ2n) is 5.29. The average Bonchev–Trinajstić information content (AvgIpc) is 2.86. The van der Waals surface area contributed by atoms with E-state index in [2.05, 4.69) is 17.6 Å². The van der Waals surface area contributed by atoms with E-state index in [1.165, 1.54) is 0 Å². The molecule has 2 unspecified atom stereocenters. The fraction of sp³-hybridized carbons (Fsp3) is 0.467. The van der Waals surface area contributed by atoms with Crippen LogP contribution in [0.3, 0.4) is 0 Å². The lowest BCUT2D eigenvalue weighted by molar-refractivity contribution is -0.120. The molecule has 0 bridgehead atoms. The average molecular weight is 291 g/mol. The van der Waals surface area contributed by atoms with Crippen molar-refractivity contribution in [3.63, 3.8) is 0 Å². The smallest absolute Gasteiger partial charge is 0.229 e. The Morgan fingerprint density at radius 3 is 2.81 bits per heavy atom. The number of anilines is 1. The maximum atomic E-state index is 12.3. The number of hydrogen-bond acceptors (Lipinski definition) is 4. The first kappa shape index (κ1) is 15.3. The number of amides is 2. The lowest BCUT2D eigenvalue weighted by Gasteiger charge is -2.16. The fourth-order valence-corrected chi connectivity index (χ4v) is 2.34. The molecule has 6 nitrogen and oxygen atoms in total. The van der Waals surface area contributed by atoms with Gasteiger partial charge in [-0.05, 0) is 24.6 Å². The van der Waals surface area contributed by atoms with Gasteiger partial charge in [0.15, 0.2) is 0 Å². The van der Waals surface area contributed by atoms with Crippen molar-refractivity contribution in [2.45, 2.75) is 13.3 Å². The summed E-state index contributed by atoms with van der Waals surface area (Å²) in [6.45, 7) is 3.80. The molecule has 0 aliphatic carbocycles. The Balaban J connectivity index is 1.99. The van der Waals surface area contributed by atoms with Crippen LogP contribution in [0.2, 0.25) is 0 Å². The van der Waals surface area contributed by atoms with E-state index in [1.54, 1.807) is 12.1 Å². The van der Waals surface area contributed by atoms with Gasteiger partial charge in [-0.2, -0.15) is 0 Å². The molecule has 2 amide bonds. The van der Waals surface area contributed by atoms with E-state index in [1.807, 2.05) is 12.1 Å². The van der Waals surface area contributed by atoms with Gasteiger partial charge in [-0.15, -0.1) is 0 Å². The van der Waals surface area contributed by atoms with E-state index >= 15 is 0 Å². The molecule has 0 radical (unpaired) electrons. The van der Waals surface area contributed by atoms with Crippen molar-refractivity contribution in [3.05, 3.63) is 24.3 Å². The number of carbonyl (C=O) groups excluding carboxylic acids is 2. The normalized spacial score (nSPS) is 21.0. The quantitative estimate of drug-likeness (QED) is 0.720. The van der Waals surface area contributed by atoms with Gasteiger partial charge in [0.1, 0.15) is 5.75 Å². The van der Waals surface area contributed by atoms with E-state index in [0.29, 0.717) is 23.9 Å². The Labute approximate surface area is 124 Å². The minimum atomic E-state index is -0.414. The molecule has 1 heterocycles. The summed E-state index contributed by atoms with van der Waals surface area (Å²) in [5.74, 6) is 0.392. The lowest BCUT2D eigenvalue weighted by Crippen LogP contribution is -2.28. The molecule has 1 saturated heterocycles. The molecular weight excluding hydrogens is 270 g/mol. The Kier molecular flexibility index (Phi) is 5.16. The molecule has 21 heavy (non-hydrogen) atoms. The first-order valence-corrected chi connectivity index (χ1v) is 7.09. The number of rotatable bonds is 6. The van der Waals surface area contributed by atoms with Gasteiger partial charge < -0.3 is 21.1 Å². The third-order valence-electron chi connectivity index (χ3n) is 3.61. The van der Waals surface area contributed by atoms with Crippen molar-refractivity contribution in [1.29, 1.82) is 0 Å². The van der Waals surface area contributed by atoms with Crippen molar-refractivity contribution >= 4 is 17.5 Å². The molecule has 2 atom stereocenters. The van der Waals surface area contributed by atoms with E-state index < -0.39 is 5.91 Å². The Morgan fingerprint density at radius 1 is 1.38 bits per heavy atom. The molecule has 0 saturated carbocycles. The molecule has 1 aromatic carbocycles. The fourth-order valence-electron chi connectivity index (χ4n) is 2.34. The van der Waals surface area contributed by atoms with Gasteiger partial charge in [0.05, 0.1) is 24.6 Å². The second-order valence-corrected chi connectivity index (χ2v) is 5.29. The molecule has 1 aromatic rings. The number of hydrogen-bond donors (Lipinski definition) is 3. The van der Waals surface area contributed by atoms with Crippen molar-refractivity contribution in [2.75, 3.05) is 25.0 Å². The largest absolute Gasteiger partial charge is 0.491 e. The molecule has 0 aromatic heterocycles. The number of benzene rings is 1. The second kappa shape index (κ2) is 7.08. The predicted octanol–water partition coefficient (Wildman–Crippen LogP) is 0.735. The molecule has 1 aliphatic rings. The van der Waals surface area contributed by atoms with Crippen LogP contribution in [0.1, 0.15) is 13.3 Å². The third-order valence-corrected chi connectivity index (χ3v) is 3.61. The van der Waals surface area contributed by atoms with Crippen LogP contribution in [0.15, 0.2) is 24.3 Å². The number of nitrogens with two attached hydrogens (primary N) is 1. The molecule has 114 valence electrons. The predicted molar refractivity (Wildman–Crippen MR) is 79.9 cm³/mol. The molecule has 1 aliphatic heterocycles. The van der Waals surface area contributed by atoms with Crippen LogP contribution < -0.4 is 21.1 Å². The van der Waals surface area contributed by atoms with Crippen molar-refractivity contribution in [3.8, 4) is 5.75 Å². The van der Waals surface area contributed by atoms with Gasteiger partial charge in [-0.3, -0.25) is 9.59 Å². The van der Waals surface area contributed by atoms with Crippen molar-refractivity contribution in [2.24, 2.45) is 17.6 Å². The van der Waals surface area contributed by atoms with E-state index in [4.69, 9.17) is 10.5 Å². The summed E-state index contributed by atoms with van der Waals surface area (Å²) in [6.07, 6.45) is 0.145. The van der Waals surface area contributed by atoms with Crippen LogP contribution in [-0.2, 0) is 9.59 Å². The van der Waals surface area contributed by atoms with Crippen molar-refractivity contribution < 1.29 is 14.3 Å². The van der Waals surface area contributed by atoms with E-state index in [0.717, 1.165) is 6.54 Å². The van der Waals surface area contributed by atoms with Gasteiger partial charge in [-0.1, -0.05) is 19.1 Å². The van der Waals surface area contributed by atoms with Gasteiger partial charge in [-0.25, -0.2) is 0 Å². The number of para-hydroxylation sites is 2. The highest BCUT2D eigenvalue weighted by atomic mass is 16.5. The number of carbonyl (C=O) groups is 2. The van der Waals surface area contributed by atoms with Crippen LogP contribution in [0.5, 0.6) is 5.75 Å². The Hall–Kier alpha value is -2.08. The number of ether oxygens (including phenoxy) is 1. The Morgan fingerprint density at radius 2 is 2.14 bits per heavy atom. The maximum Gasteiger partial charge on any atom is 0.229 e. The highest BCUT2D eigenvalue weighted by molar-refractivity contribution is 5.94.